The van der Waals surface area contributed by atoms with Gasteiger partial charge in [0.25, 0.3) is 0 Å². The Morgan fingerprint density at radius 2 is 1.95 bits per heavy atom. The number of Topliss-reactive ketones (excluding diaryl/α,β-unsaturated/α-hetero) is 1. The zero-order valence-corrected chi connectivity index (χ0v) is 11.6. The van der Waals surface area contributed by atoms with Crippen molar-refractivity contribution in [1.82, 2.24) is 0 Å². The molecule has 3 heteroatoms. The largest absolute Gasteiger partial charge is 0.485 e. The maximum absolute atomic E-state index is 12.2. The number of aryl methyl sites for hydroxylation is 2. The highest BCUT2D eigenvalue weighted by Gasteiger charge is 2.10. The molecule has 0 aliphatic rings. The Bertz CT molecular complexity index is 644. The van der Waals surface area contributed by atoms with E-state index in [-0.39, 0.29) is 12.4 Å². The minimum absolute atomic E-state index is 0.0351. The van der Waals surface area contributed by atoms with Gasteiger partial charge in [-0.1, -0.05) is 29.8 Å². The summed E-state index contributed by atoms with van der Waals surface area (Å²) in [5.41, 5.74) is 3.19. The van der Waals surface area contributed by atoms with Gasteiger partial charge in [-0.25, -0.2) is 0 Å². The molecule has 0 aliphatic heterocycles. The van der Waals surface area contributed by atoms with Crippen molar-refractivity contribution >= 4 is 12.1 Å². The number of rotatable bonds is 5. The minimum Gasteiger partial charge on any atom is -0.485 e. The van der Waals surface area contributed by atoms with E-state index in [0.717, 1.165) is 17.4 Å². The van der Waals surface area contributed by atoms with Crippen LogP contribution in [0.4, 0.5) is 0 Å². The topological polar surface area (TPSA) is 43.4 Å². The van der Waals surface area contributed by atoms with Gasteiger partial charge in [-0.2, -0.15) is 0 Å². The Balaban J connectivity index is 2.08. The molecule has 0 radical (unpaired) electrons. The summed E-state index contributed by atoms with van der Waals surface area (Å²) in [6.07, 6.45) is 0.749. The van der Waals surface area contributed by atoms with Crippen molar-refractivity contribution in [3.8, 4) is 5.75 Å². The van der Waals surface area contributed by atoms with Crippen molar-refractivity contribution in [3.63, 3.8) is 0 Å². The molecule has 0 aromatic heterocycles. The van der Waals surface area contributed by atoms with Gasteiger partial charge in [-0.05, 0) is 37.6 Å². The molecule has 0 spiro atoms. The summed E-state index contributed by atoms with van der Waals surface area (Å²) in [5.74, 6) is 0.455. The predicted octanol–water partition coefficient (Wildman–Crippen LogP) is 3.38. The van der Waals surface area contributed by atoms with Crippen molar-refractivity contribution in [2.45, 2.75) is 13.8 Å². The average molecular weight is 268 g/mol. The average Bonchev–Trinajstić information content (AvgIpc) is 2.47. The third kappa shape index (κ3) is 3.32. The number of aldehydes is 1. The minimum atomic E-state index is -0.0669. The Kier molecular flexibility index (Phi) is 4.31. The maximum Gasteiger partial charge on any atom is 0.200 e. The van der Waals surface area contributed by atoms with Gasteiger partial charge >= 0.3 is 0 Å². The number of ketones is 1. The molecule has 2 aromatic rings. The molecule has 0 heterocycles. The van der Waals surface area contributed by atoms with Gasteiger partial charge < -0.3 is 4.74 Å². The van der Waals surface area contributed by atoms with Gasteiger partial charge in [0.15, 0.2) is 12.4 Å². The zero-order chi connectivity index (χ0) is 14.5. The lowest BCUT2D eigenvalue weighted by molar-refractivity contribution is 0.0921. The van der Waals surface area contributed by atoms with E-state index < -0.39 is 0 Å². The smallest absolute Gasteiger partial charge is 0.200 e. The zero-order valence-electron chi connectivity index (χ0n) is 11.6. The molecule has 0 N–H and O–H groups in total. The van der Waals surface area contributed by atoms with Gasteiger partial charge in [-0.3, -0.25) is 9.59 Å². The summed E-state index contributed by atoms with van der Waals surface area (Å²) < 4.78 is 5.45. The highest BCUT2D eigenvalue weighted by atomic mass is 16.5. The summed E-state index contributed by atoms with van der Waals surface area (Å²) in [5, 5.41) is 0. The number of carbonyl (C=O) groups is 2. The van der Waals surface area contributed by atoms with E-state index in [2.05, 4.69) is 0 Å². The van der Waals surface area contributed by atoms with Crippen molar-refractivity contribution in [3.05, 3.63) is 64.7 Å². The van der Waals surface area contributed by atoms with Crippen LogP contribution in [0.2, 0.25) is 0 Å². The summed E-state index contributed by atoms with van der Waals surface area (Å²) >= 11 is 0. The van der Waals surface area contributed by atoms with Crippen molar-refractivity contribution in [2.75, 3.05) is 6.61 Å². The highest BCUT2D eigenvalue weighted by Crippen LogP contribution is 2.15. The molecule has 0 saturated carbocycles. The Morgan fingerprint density at radius 1 is 1.15 bits per heavy atom. The van der Waals surface area contributed by atoms with Crippen LogP contribution in [0.1, 0.15) is 31.8 Å². The van der Waals surface area contributed by atoms with Crippen LogP contribution < -0.4 is 4.74 Å². The molecular weight excluding hydrogens is 252 g/mol. The van der Waals surface area contributed by atoms with Gasteiger partial charge in [0.05, 0.1) is 0 Å². The van der Waals surface area contributed by atoms with Crippen LogP contribution in [0.5, 0.6) is 5.75 Å². The second kappa shape index (κ2) is 6.15. The first-order valence-corrected chi connectivity index (χ1v) is 6.38. The van der Waals surface area contributed by atoms with Gasteiger partial charge in [0, 0.05) is 11.1 Å². The van der Waals surface area contributed by atoms with E-state index in [4.69, 9.17) is 4.74 Å². The van der Waals surface area contributed by atoms with Crippen LogP contribution in [0.3, 0.4) is 0 Å². The predicted molar refractivity (Wildman–Crippen MR) is 77.6 cm³/mol. The number of carbonyl (C=O) groups excluding carboxylic acids is 2. The molecular formula is C17H16O3. The lowest BCUT2D eigenvalue weighted by Crippen LogP contribution is -2.13. The summed E-state index contributed by atoms with van der Waals surface area (Å²) in [6.45, 7) is 3.82. The second-order valence-corrected chi connectivity index (χ2v) is 4.72. The summed E-state index contributed by atoms with van der Waals surface area (Å²) in [4.78, 5) is 22.8. The highest BCUT2D eigenvalue weighted by molar-refractivity contribution is 5.98. The number of hydrogen-bond donors (Lipinski definition) is 0. The van der Waals surface area contributed by atoms with Crippen LogP contribution in [0, 0.1) is 13.8 Å². The molecule has 0 aliphatic carbocycles. The van der Waals surface area contributed by atoms with Crippen molar-refractivity contribution < 1.29 is 14.3 Å². The van der Waals surface area contributed by atoms with E-state index in [1.807, 2.05) is 32.0 Å². The Labute approximate surface area is 118 Å². The lowest BCUT2D eigenvalue weighted by atomic mass is 10.0. The van der Waals surface area contributed by atoms with Crippen LogP contribution in [-0.4, -0.2) is 18.7 Å². The number of benzene rings is 2. The van der Waals surface area contributed by atoms with E-state index >= 15 is 0 Å². The van der Waals surface area contributed by atoms with E-state index in [1.54, 1.807) is 24.3 Å². The normalized spacial score (nSPS) is 10.1. The van der Waals surface area contributed by atoms with Crippen LogP contribution >= 0.6 is 0 Å². The molecule has 102 valence electrons. The first-order chi connectivity index (χ1) is 9.60. The molecule has 2 rings (SSSR count). The van der Waals surface area contributed by atoms with E-state index in [1.165, 1.54) is 0 Å². The molecule has 0 amide bonds. The van der Waals surface area contributed by atoms with E-state index in [0.29, 0.717) is 16.9 Å². The second-order valence-electron chi connectivity index (χ2n) is 4.72. The van der Waals surface area contributed by atoms with Crippen molar-refractivity contribution in [2.24, 2.45) is 0 Å². The SMILES string of the molecule is Cc1ccc(C)c(C(=O)COc2cccc(C=O)c2)c1. The third-order valence-electron chi connectivity index (χ3n) is 3.06. The van der Waals surface area contributed by atoms with Crippen LogP contribution in [0.15, 0.2) is 42.5 Å². The van der Waals surface area contributed by atoms with Gasteiger partial charge in [0.1, 0.15) is 12.0 Å². The lowest BCUT2D eigenvalue weighted by Gasteiger charge is -2.08. The fourth-order valence-corrected chi connectivity index (χ4v) is 1.94. The number of ether oxygens (including phenoxy) is 1. The monoisotopic (exact) mass is 268 g/mol. The first kappa shape index (κ1) is 14.0. The van der Waals surface area contributed by atoms with Gasteiger partial charge in [0.2, 0.25) is 0 Å². The molecule has 3 nitrogen and oxygen atoms in total. The summed E-state index contributed by atoms with van der Waals surface area (Å²) in [7, 11) is 0. The number of hydrogen-bond acceptors (Lipinski definition) is 3. The fourth-order valence-electron chi connectivity index (χ4n) is 1.94. The molecule has 0 unspecified atom stereocenters. The maximum atomic E-state index is 12.2. The molecule has 0 fully saturated rings. The first-order valence-electron chi connectivity index (χ1n) is 6.38. The standard InChI is InChI=1S/C17H16O3/c1-12-6-7-13(2)16(8-12)17(19)11-20-15-5-3-4-14(9-15)10-18/h3-10H,11H2,1-2H3. The molecule has 0 atom stereocenters. The molecule has 20 heavy (non-hydrogen) atoms. The van der Waals surface area contributed by atoms with Crippen molar-refractivity contribution in [1.29, 1.82) is 0 Å². The third-order valence-corrected chi connectivity index (χ3v) is 3.06. The fraction of sp³-hybridized carbons (Fsp3) is 0.176. The molecule has 0 saturated heterocycles. The summed E-state index contributed by atoms with van der Waals surface area (Å²) in [6, 6.07) is 12.5. The molecule has 0 bridgehead atoms. The Morgan fingerprint density at radius 3 is 2.70 bits per heavy atom. The van der Waals surface area contributed by atoms with Gasteiger partial charge in [-0.15, -0.1) is 0 Å². The van der Waals surface area contributed by atoms with Crippen LogP contribution in [-0.2, 0) is 0 Å². The Hall–Kier alpha value is -2.42. The van der Waals surface area contributed by atoms with Crippen LogP contribution in [0.25, 0.3) is 0 Å². The quantitative estimate of drug-likeness (QED) is 0.616. The van der Waals surface area contributed by atoms with E-state index in [9.17, 15) is 9.59 Å². The molecule has 2 aromatic carbocycles.